The van der Waals surface area contributed by atoms with Crippen molar-refractivity contribution in [2.24, 2.45) is 0 Å². The van der Waals surface area contributed by atoms with Gasteiger partial charge in [-0.25, -0.2) is 0 Å². The van der Waals surface area contributed by atoms with E-state index in [4.69, 9.17) is 5.11 Å². The molecule has 1 atom stereocenters. The Kier molecular flexibility index (Phi) is 3.42. The van der Waals surface area contributed by atoms with Gasteiger partial charge in [-0.05, 0) is 56.1 Å². The number of aliphatic hydroxyl groups excluding tert-OH is 1. The van der Waals surface area contributed by atoms with Crippen molar-refractivity contribution >= 4 is 0 Å². The molecule has 1 unspecified atom stereocenters. The summed E-state index contributed by atoms with van der Waals surface area (Å²) in [5.41, 5.74) is 4.46. The third-order valence-corrected chi connectivity index (χ3v) is 3.45. The second kappa shape index (κ2) is 4.80. The predicted octanol–water partition coefficient (Wildman–Crippen LogP) is 3.19. The van der Waals surface area contributed by atoms with E-state index in [9.17, 15) is 0 Å². The van der Waals surface area contributed by atoms with Crippen LogP contribution in [-0.2, 0) is 6.42 Å². The van der Waals surface area contributed by atoms with Crippen LogP contribution in [0.3, 0.4) is 0 Å². The van der Waals surface area contributed by atoms with Gasteiger partial charge in [0, 0.05) is 6.61 Å². The molecule has 0 bridgehead atoms. The van der Waals surface area contributed by atoms with E-state index in [1.807, 2.05) is 0 Å². The molecule has 1 aromatic rings. The topological polar surface area (TPSA) is 20.2 Å². The van der Waals surface area contributed by atoms with Crippen LogP contribution in [0.15, 0.2) is 18.2 Å². The third-order valence-electron chi connectivity index (χ3n) is 3.45. The molecule has 1 nitrogen and oxygen atoms in total. The van der Waals surface area contributed by atoms with E-state index in [0.29, 0.717) is 12.5 Å². The quantitative estimate of drug-likeness (QED) is 0.801. The number of aryl methyl sites for hydroxylation is 2. The van der Waals surface area contributed by atoms with Gasteiger partial charge in [-0.2, -0.15) is 0 Å². The van der Waals surface area contributed by atoms with Crippen molar-refractivity contribution in [1.82, 2.24) is 0 Å². The lowest BCUT2D eigenvalue weighted by Gasteiger charge is -2.25. The van der Waals surface area contributed by atoms with Gasteiger partial charge in [0.25, 0.3) is 0 Å². The molecule has 15 heavy (non-hydrogen) atoms. The molecule has 82 valence electrons. The molecule has 0 aliphatic heterocycles. The van der Waals surface area contributed by atoms with E-state index in [1.54, 1.807) is 11.1 Å². The van der Waals surface area contributed by atoms with Gasteiger partial charge >= 0.3 is 0 Å². The van der Waals surface area contributed by atoms with Crippen LogP contribution in [0, 0.1) is 6.92 Å². The fourth-order valence-electron chi connectivity index (χ4n) is 2.68. The maximum Gasteiger partial charge on any atom is 0.0431 e. The van der Waals surface area contributed by atoms with Crippen LogP contribution in [-0.4, -0.2) is 11.7 Å². The number of benzene rings is 1. The summed E-state index contributed by atoms with van der Waals surface area (Å²) in [7, 11) is 0. The van der Waals surface area contributed by atoms with Crippen molar-refractivity contribution in [2.75, 3.05) is 6.61 Å². The van der Waals surface area contributed by atoms with Gasteiger partial charge in [0.2, 0.25) is 0 Å². The Hall–Kier alpha value is -0.820. The summed E-state index contributed by atoms with van der Waals surface area (Å²) in [5, 5.41) is 8.89. The first-order valence-corrected chi connectivity index (χ1v) is 6.01. The van der Waals surface area contributed by atoms with Crippen LogP contribution in [0.5, 0.6) is 0 Å². The average molecular weight is 204 g/mol. The van der Waals surface area contributed by atoms with Crippen LogP contribution in [0.25, 0.3) is 0 Å². The minimum atomic E-state index is 0.331. The SMILES string of the molecule is Cc1ccc2c(c1)CCCC2CCCO. The normalized spacial score (nSPS) is 20.0. The molecule has 1 N–H and O–H groups in total. The fraction of sp³-hybridized carbons (Fsp3) is 0.571. The smallest absolute Gasteiger partial charge is 0.0431 e. The molecule has 0 heterocycles. The fourth-order valence-corrected chi connectivity index (χ4v) is 2.68. The van der Waals surface area contributed by atoms with Crippen molar-refractivity contribution in [3.8, 4) is 0 Å². The van der Waals surface area contributed by atoms with Gasteiger partial charge in [-0.3, -0.25) is 0 Å². The molecule has 0 radical (unpaired) electrons. The van der Waals surface area contributed by atoms with E-state index in [-0.39, 0.29) is 0 Å². The van der Waals surface area contributed by atoms with Gasteiger partial charge in [-0.15, -0.1) is 0 Å². The van der Waals surface area contributed by atoms with Crippen LogP contribution >= 0.6 is 0 Å². The van der Waals surface area contributed by atoms with Gasteiger partial charge in [0.05, 0.1) is 0 Å². The van der Waals surface area contributed by atoms with E-state index in [1.165, 1.54) is 24.8 Å². The second-order valence-corrected chi connectivity index (χ2v) is 4.66. The lowest BCUT2D eigenvalue weighted by atomic mass is 9.80. The van der Waals surface area contributed by atoms with Crippen LogP contribution in [0.4, 0.5) is 0 Å². The van der Waals surface area contributed by atoms with Crippen molar-refractivity contribution < 1.29 is 5.11 Å². The maximum atomic E-state index is 8.89. The molecule has 1 aliphatic rings. The van der Waals surface area contributed by atoms with Gasteiger partial charge < -0.3 is 5.11 Å². The van der Waals surface area contributed by atoms with E-state index in [2.05, 4.69) is 25.1 Å². The summed E-state index contributed by atoms with van der Waals surface area (Å²) in [4.78, 5) is 0. The van der Waals surface area contributed by atoms with Crippen LogP contribution < -0.4 is 0 Å². The number of hydrogen-bond acceptors (Lipinski definition) is 1. The molecule has 0 spiro atoms. The van der Waals surface area contributed by atoms with Crippen molar-refractivity contribution in [2.45, 2.75) is 44.9 Å². The Balaban J connectivity index is 2.18. The van der Waals surface area contributed by atoms with Crippen molar-refractivity contribution in [3.63, 3.8) is 0 Å². The second-order valence-electron chi connectivity index (χ2n) is 4.66. The van der Waals surface area contributed by atoms with Crippen LogP contribution in [0.2, 0.25) is 0 Å². The summed E-state index contributed by atoms with van der Waals surface area (Å²) in [6.07, 6.45) is 5.94. The maximum absolute atomic E-state index is 8.89. The first-order valence-electron chi connectivity index (χ1n) is 6.01. The Bertz CT molecular complexity index is 330. The molecule has 0 fully saturated rings. The number of hydrogen-bond donors (Lipinski definition) is 1. The monoisotopic (exact) mass is 204 g/mol. The average Bonchev–Trinajstić information content (AvgIpc) is 2.25. The summed E-state index contributed by atoms with van der Waals surface area (Å²) >= 11 is 0. The highest BCUT2D eigenvalue weighted by molar-refractivity contribution is 5.35. The third kappa shape index (κ3) is 2.40. The minimum absolute atomic E-state index is 0.331. The van der Waals surface area contributed by atoms with Gasteiger partial charge in [0.15, 0.2) is 0 Å². The van der Waals surface area contributed by atoms with Crippen molar-refractivity contribution in [1.29, 1.82) is 0 Å². The van der Waals surface area contributed by atoms with Gasteiger partial charge in [-0.1, -0.05) is 23.8 Å². The zero-order valence-electron chi connectivity index (χ0n) is 9.50. The highest BCUT2D eigenvalue weighted by Crippen LogP contribution is 2.34. The molecular weight excluding hydrogens is 184 g/mol. The van der Waals surface area contributed by atoms with Crippen LogP contribution in [0.1, 0.15) is 48.3 Å². The number of fused-ring (bicyclic) bond motifs is 1. The largest absolute Gasteiger partial charge is 0.396 e. The lowest BCUT2D eigenvalue weighted by molar-refractivity contribution is 0.277. The molecule has 1 aromatic carbocycles. The molecule has 1 aliphatic carbocycles. The molecular formula is C14H20O. The Labute approximate surface area is 92.1 Å². The summed E-state index contributed by atoms with van der Waals surface area (Å²) < 4.78 is 0. The standard InChI is InChI=1S/C14H20O/c1-11-7-8-14-12(6-3-9-15)4-2-5-13(14)10-11/h7-8,10,12,15H,2-6,9H2,1H3. The predicted molar refractivity (Wildman–Crippen MR) is 63.2 cm³/mol. The summed E-state index contributed by atoms with van der Waals surface area (Å²) in [6.45, 7) is 2.50. The molecule has 1 heteroatoms. The Morgan fingerprint density at radius 3 is 3.07 bits per heavy atom. The first kappa shape index (κ1) is 10.7. The molecule has 0 saturated carbocycles. The first-order chi connectivity index (χ1) is 7.31. The number of aliphatic hydroxyl groups is 1. The highest BCUT2D eigenvalue weighted by Gasteiger charge is 2.19. The molecule has 0 aromatic heterocycles. The molecule has 2 rings (SSSR count). The van der Waals surface area contributed by atoms with E-state index < -0.39 is 0 Å². The van der Waals surface area contributed by atoms with E-state index in [0.717, 1.165) is 12.8 Å². The van der Waals surface area contributed by atoms with E-state index >= 15 is 0 Å². The number of rotatable bonds is 3. The highest BCUT2D eigenvalue weighted by atomic mass is 16.2. The Morgan fingerprint density at radius 1 is 1.40 bits per heavy atom. The lowest BCUT2D eigenvalue weighted by Crippen LogP contribution is -2.10. The zero-order valence-corrected chi connectivity index (χ0v) is 9.50. The summed E-state index contributed by atoms with van der Waals surface area (Å²) in [6, 6.07) is 6.85. The zero-order chi connectivity index (χ0) is 10.7. The molecule has 0 amide bonds. The van der Waals surface area contributed by atoms with Gasteiger partial charge in [0.1, 0.15) is 0 Å². The Morgan fingerprint density at radius 2 is 2.27 bits per heavy atom. The minimum Gasteiger partial charge on any atom is -0.396 e. The van der Waals surface area contributed by atoms with Crippen molar-refractivity contribution in [3.05, 3.63) is 34.9 Å². The molecule has 0 saturated heterocycles. The summed E-state index contributed by atoms with van der Waals surface area (Å²) in [5.74, 6) is 0.696.